The maximum atomic E-state index is 12.7. The third-order valence-corrected chi connectivity index (χ3v) is 6.62. The van der Waals surface area contributed by atoms with Crippen LogP contribution >= 0.6 is 0 Å². The summed E-state index contributed by atoms with van der Waals surface area (Å²) in [5.41, 5.74) is 4.63. The zero-order valence-electron chi connectivity index (χ0n) is 18.8. The summed E-state index contributed by atoms with van der Waals surface area (Å²) in [5.74, 6) is -1.59. The number of nitrogens with one attached hydrogen (secondary N) is 2. The molecule has 1 fully saturated rings. The Morgan fingerprint density at radius 3 is 2.24 bits per heavy atom. The van der Waals surface area contributed by atoms with Crippen LogP contribution in [0.15, 0.2) is 48.5 Å². The first-order valence-electron chi connectivity index (χ1n) is 11.6. The Morgan fingerprint density at radius 1 is 1.00 bits per heavy atom. The van der Waals surface area contributed by atoms with Crippen LogP contribution in [0.3, 0.4) is 0 Å². The minimum absolute atomic E-state index is 0.0227. The van der Waals surface area contributed by atoms with E-state index >= 15 is 0 Å². The van der Waals surface area contributed by atoms with Gasteiger partial charge in [0.05, 0.1) is 12.3 Å². The molecule has 7 nitrogen and oxygen atoms in total. The van der Waals surface area contributed by atoms with Crippen molar-refractivity contribution in [2.45, 2.75) is 57.0 Å². The summed E-state index contributed by atoms with van der Waals surface area (Å²) in [4.78, 5) is 36.3. The summed E-state index contributed by atoms with van der Waals surface area (Å²) in [5, 5.41) is 14.6. The molecular formula is C26H30N2O5. The highest BCUT2D eigenvalue weighted by Crippen LogP contribution is 2.44. The van der Waals surface area contributed by atoms with Gasteiger partial charge < -0.3 is 20.5 Å². The molecule has 174 valence electrons. The zero-order valence-corrected chi connectivity index (χ0v) is 18.8. The number of aliphatic carboxylic acids is 1. The van der Waals surface area contributed by atoms with Gasteiger partial charge in [0.2, 0.25) is 5.91 Å². The molecule has 1 saturated carbocycles. The molecule has 0 aromatic heterocycles. The number of amides is 2. The number of carbonyl (C=O) groups excluding carboxylic acids is 2. The van der Waals surface area contributed by atoms with Crippen LogP contribution in [0.2, 0.25) is 0 Å². The lowest BCUT2D eigenvalue weighted by molar-refractivity contribution is -0.137. The number of benzene rings is 2. The molecule has 2 aromatic rings. The molecule has 2 aromatic carbocycles. The Balaban J connectivity index is 1.37. The molecule has 3 atom stereocenters. The molecule has 0 heterocycles. The van der Waals surface area contributed by atoms with E-state index in [1.54, 1.807) is 6.92 Å². The lowest BCUT2D eigenvalue weighted by Crippen LogP contribution is -2.50. The van der Waals surface area contributed by atoms with Crippen LogP contribution in [0.5, 0.6) is 0 Å². The van der Waals surface area contributed by atoms with Crippen LogP contribution in [-0.4, -0.2) is 41.8 Å². The number of rotatable bonds is 7. The van der Waals surface area contributed by atoms with E-state index in [4.69, 9.17) is 9.84 Å². The van der Waals surface area contributed by atoms with Gasteiger partial charge in [0, 0.05) is 18.0 Å². The average Bonchev–Trinajstić information content (AvgIpc) is 3.11. The van der Waals surface area contributed by atoms with E-state index in [2.05, 4.69) is 34.9 Å². The SMILES string of the molecule is C[C@@H](CC(=O)O)NC(=O)[C@@H]1CCCC[C@@H]1NC(=O)OCC1c2ccccc2-c2ccccc21. The predicted octanol–water partition coefficient (Wildman–Crippen LogP) is 4.06. The Kier molecular flexibility index (Phi) is 6.96. The smallest absolute Gasteiger partial charge is 0.407 e. The van der Waals surface area contributed by atoms with Crippen LogP contribution in [0.4, 0.5) is 4.79 Å². The number of alkyl carbamates (subject to hydrolysis) is 1. The van der Waals surface area contributed by atoms with Crippen molar-refractivity contribution >= 4 is 18.0 Å². The molecule has 3 N–H and O–H groups in total. The summed E-state index contributed by atoms with van der Waals surface area (Å²) in [7, 11) is 0. The van der Waals surface area contributed by atoms with E-state index in [1.165, 1.54) is 11.1 Å². The van der Waals surface area contributed by atoms with Gasteiger partial charge in [0.1, 0.15) is 6.61 Å². The van der Waals surface area contributed by atoms with Crippen molar-refractivity contribution in [1.29, 1.82) is 0 Å². The maximum Gasteiger partial charge on any atom is 0.407 e. The molecule has 2 aliphatic rings. The summed E-state index contributed by atoms with van der Waals surface area (Å²) in [6.07, 6.45) is 2.50. The van der Waals surface area contributed by atoms with E-state index < -0.39 is 24.0 Å². The quantitative estimate of drug-likeness (QED) is 0.590. The minimum Gasteiger partial charge on any atom is -0.481 e. The first-order chi connectivity index (χ1) is 15.9. The lowest BCUT2D eigenvalue weighted by Gasteiger charge is -2.31. The van der Waals surface area contributed by atoms with Gasteiger partial charge in [-0.15, -0.1) is 0 Å². The number of carboxylic acids is 1. The second-order valence-electron chi connectivity index (χ2n) is 8.97. The number of ether oxygens (including phenoxy) is 1. The van der Waals surface area contributed by atoms with E-state index in [0.717, 1.165) is 24.0 Å². The lowest BCUT2D eigenvalue weighted by atomic mass is 9.83. The van der Waals surface area contributed by atoms with Gasteiger partial charge in [-0.2, -0.15) is 0 Å². The van der Waals surface area contributed by atoms with Gasteiger partial charge in [-0.25, -0.2) is 4.79 Å². The van der Waals surface area contributed by atoms with Crippen molar-refractivity contribution in [2.75, 3.05) is 6.61 Å². The third kappa shape index (κ3) is 5.18. The minimum atomic E-state index is -0.959. The fraction of sp³-hybridized carbons (Fsp3) is 0.423. The summed E-state index contributed by atoms with van der Waals surface area (Å²) in [6, 6.07) is 15.5. The van der Waals surface area contributed by atoms with Crippen LogP contribution < -0.4 is 10.6 Å². The standard InChI is InChI=1S/C26H30N2O5/c1-16(14-24(29)30)27-25(31)21-12-6-7-13-23(21)28-26(32)33-15-22-19-10-4-2-8-17(19)18-9-3-5-11-20(18)22/h2-5,8-11,16,21-23H,6-7,12-15H2,1H3,(H,27,31)(H,28,32)(H,29,30)/t16-,21+,23-/m0/s1. The summed E-state index contributed by atoms with van der Waals surface area (Å²) >= 11 is 0. The Labute approximate surface area is 193 Å². The highest BCUT2D eigenvalue weighted by molar-refractivity contribution is 5.82. The second kappa shape index (κ2) is 10.1. The van der Waals surface area contributed by atoms with E-state index in [9.17, 15) is 14.4 Å². The molecule has 0 saturated heterocycles. The van der Waals surface area contributed by atoms with Crippen LogP contribution in [-0.2, 0) is 14.3 Å². The number of fused-ring (bicyclic) bond motifs is 3. The monoisotopic (exact) mass is 450 g/mol. The molecule has 0 radical (unpaired) electrons. The number of hydrogen-bond donors (Lipinski definition) is 3. The summed E-state index contributed by atoms with van der Waals surface area (Å²) < 4.78 is 5.64. The van der Waals surface area contributed by atoms with Gasteiger partial charge in [0.15, 0.2) is 0 Å². The fourth-order valence-electron chi connectivity index (χ4n) is 5.07. The Bertz CT molecular complexity index is 991. The number of hydrogen-bond acceptors (Lipinski definition) is 4. The number of carbonyl (C=O) groups is 3. The normalized spacial score (nSPS) is 20.3. The van der Waals surface area contributed by atoms with Gasteiger partial charge in [-0.3, -0.25) is 9.59 Å². The third-order valence-electron chi connectivity index (χ3n) is 6.62. The van der Waals surface area contributed by atoms with Crippen molar-refractivity contribution < 1.29 is 24.2 Å². The van der Waals surface area contributed by atoms with Crippen molar-refractivity contribution in [2.24, 2.45) is 5.92 Å². The molecule has 0 aliphatic heterocycles. The fourth-order valence-corrected chi connectivity index (χ4v) is 5.07. The van der Waals surface area contributed by atoms with Gasteiger partial charge in [0.25, 0.3) is 0 Å². The van der Waals surface area contributed by atoms with Crippen molar-refractivity contribution in [3.63, 3.8) is 0 Å². The molecule has 0 bridgehead atoms. The van der Waals surface area contributed by atoms with Crippen molar-refractivity contribution in [3.8, 4) is 11.1 Å². The molecule has 7 heteroatoms. The largest absolute Gasteiger partial charge is 0.481 e. The molecule has 4 rings (SSSR count). The highest BCUT2D eigenvalue weighted by Gasteiger charge is 2.34. The Morgan fingerprint density at radius 2 is 1.61 bits per heavy atom. The molecule has 0 unspecified atom stereocenters. The van der Waals surface area contributed by atoms with Gasteiger partial charge in [-0.1, -0.05) is 61.4 Å². The van der Waals surface area contributed by atoms with E-state index in [0.29, 0.717) is 12.8 Å². The predicted molar refractivity (Wildman–Crippen MR) is 124 cm³/mol. The van der Waals surface area contributed by atoms with Crippen LogP contribution in [0.25, 0.3) is 11.1 Å². The first-order valence-corrected chi connectivity index (χ1v) is 11.6. The van der Waals surface area contributed by atoms with E-state index in [1.807, 2.05) is 24.3 Å². The first kappa shape index (κ1) is 22.8. The molecular weight excluding hydrogens is 420 g/mol. The molecule has 0 spiro atoms. The van der Waals surface area contributed by atoms with E-state index in [-0.39, 0.29) is 30.9 Å². The topological polar surface area (TPSA) is 105 Å². The number of carboxylic acid groups (broad SMARTS) is 1. The van der Waals surface area contributed by atoms with Crippen molar-refractivity contribution in [1.82, 2.24) is 10.6 Å². The highest BCUT2D eigenvalue weighted by atomic mass is 16.5. The second-order valence-corrected chi connectivity index (χ2v) is 8.97. The average molecular weight is 451 g/mol. The zero-order chi connectivity index (χ0) is 23.4. The molecule has 33 heavy (non-hydrogen) atoms. The summed E-state index contributed by atoms with van der Waals surface area (Å²) in [6.45, 7) is 1.89. The molecule has 2 aliphatic carbocycles. The maximum absolute atomic E-state index is 12.7. The van der Waals surface area contributed by atoms with Crippen LogP contribution in [0.1, 0.15) is 56.1 Å². The Hall–Kier alpha value is -3.35. The van der Waals surface area contributed by atoms with Gasteiger partial charge in [-0.05, 0) is 42.0 Å². The van der Waals surface area contributed by atoms with Crippen molar-refractivity contribution in [3.05, 3.63) is 59.7 Å². The molecule has 2 amide bonds. The van der Waals surface area contributed by atoms with Gasteiger partial charge >= 0.3 is 12.1 Å². The van der Waals surface area contributed by atoms with Crippen LogP contribution in [0, 0.1) is 5.92 Å².